The van der Waals surface area contributed by atoms with Crippen LogP contribution in [0.2, 0.25) is 0 Å². The molecule has 2 aliphatic carbocycles. The van der Waals surface area contributed by atoms with Crippen LogP contribution >= 0.6 is 0 Å². The minimum absolute atomic E-state index is 0.0869. The molecule has 0 radical (unpaired) electrons. The van der Waals surface area contributed by atoms with Crippen molar-refractivity contribution < 1.29 is 13.2 Å². The minimum atomic E-state index is -3.99. The topological polar surface area (TPSA) is 0 Å². The van der Waals surface area contributed by atoms with E-state index in [-0.39, 0.29) is 5.92 Å². The molecule has 2 saturated carbocycles. The van der Waals surface area contributed by atoms with E-state index in [1.165, 1.54) is 12.5 Å². The molecule has 4 atom stereocenters. The Balaban J connectivity index is 1.93. The molecule has 2 rings (SSSR count). The van der Waals surface area contributed by atoms with Crippen LogP contribution in [0, 0.1) is 23.7 Å². The number of alkyl halides is 3. The van der Waals surface area contributed by atoms with Gasteiger partial charge >= 0.3 is 6.18 Å². The molecule has 0 aliphatic heterocycles. The molecule has 0 amide bonds. The second-order valence-corrected chi connectivity index (χ2v) is 3.75. The molecule has 0 aromatic heterocycles. The first-order valence-corrected chi connectivity index (χ1v) is 4.21. The summed E-state index contributed by atoms with van der Waals surface area (Å²) in [5.41, 5.74) is 1.25. The standard InChI is InChI=1S/C9H11F3/c1-3-5-7-6(8(5)7)4(2)9(10,11)12/h3-4,6-8H,1-2H3/t4?,6?,7-,8?/m1/s1. The average Bonchev–Trinajstić information content (AvgIpc) is 2.71. The maximum Gasteiger partial charge on any atom is 0.391 e. The maximum atomic E-state index is 12.1. The van der Waals surface area contributed by atoms with Gasteiger partial charge in [0.25, 0.3) is 0 Å². The maximum absolute atomic E-state index is 12.1. The van der Waals surface area contributed by atoms with E-state index in [1.54, 1.807) is 0 Å². The van der Waals surface area contributed by atoms with Crippen molar-refractivity contribution in [3.05, 3.63) is 11.6 Å². The van der Waals surface area contributed by atoms with Crippen molar-refractivity contribution in [2.45, 2.75) is 20.0 Å². The van der Waals surface area contributed by atoms with Gasteiger partial charge in [-0.25, -0.2) is 0 Å². The van der Waals surface area contributed by atoms with Crippen LogP contribution in [0.15, 0.2) is 11.6 Å². The molecule has 0 nitrogen and oxygen atoms in total. The lowest BCUT2D eigenvalue weighted by Gasteiger charge is -2.18. The van der Waals surface area contributed by atoms with Gasteiger partial charge < -0.3 is 0 Å². The Morgan fingerprint density at radius 3 is 2.17 bits per heavy atom. The summed E-state index contributed by atoms with van der Waals surface area (Å²) in [7, 11) is 0. The van der Waals surface area contributed by atoms with E-state index in [1.807, 2.05) is 13.0 Å². The van der Waals surface area contributed by atoms with Gasteiger partial charge in [0, 0.05) is 0 Å². The van der Waals surface area contributed by atoms with Crippen molar-refractivity contribution in [3.63, 3.8) is 0 Å². The zero-order valence-corrected chi connectivity index (χ0v) is 7.02. The molecule has 68 valence electrons. The highest BCUT2D eigenvalue weighted by Crippen LogP contribution is 2.76. The molecule has 0 N–H and O–H groups in total. The van der Waals surface area contributed by atoms with E-state index in [4.69, 9.17) is 0 Å². The second-order valence-electron chi connectivity index (χ2n) is 3.75. The van der Waals surface area contributed by atoms with E-state index in [0.717, 1.165) is 0 Å². The molecule has 12 heavy (non-hydrogen) atoms. The lowest BCUT2D eigenvalue weighted by Crippen LogP contribution is -2.24. The number of rotatable bonds is 1. The van der Waals surface area contributed by atoms with Crippen LogP contribution in [0.4, 0.5) is 13.2 Å². The van der Waals surface area contributed by atoms with E-state index in [2.05, 4.69) is 0 Å². The zero-order valence-electron chi connectivity index (χ0n) is 7.02. The van der Waals surface area contributed by atoms with Gasteiger partial charge in [0.15, 0.2) is 0 Å². The first kappa shape index (κ1) is 8.14. The van der Waals surface area contributed by atoms with Crippen LogP contribution in [0.25, 0.3) is 0 Å². The number of hydrogen-bond acceptors (Lipinski definition) is 0. The summed E-state index contributed by atoms with van der Waals surface area (Å²) < 4.78 is 36.4. The Labute approximate surface area is 69.5 Å². The molecule has 0 aromatic rings. The summed E-state index contributed by atoms with van der Waals surface area (Å²) in [4.78, 5) is 0. The summed E-state index contributed by atoms with van der Waals surface area (Å²) >= 11 is 0. The third-order valence-corrected chi connectivity index (χ3v) is 3.16. The van der Waals surface area contributed by atoms with Gasteiger partial charge in [-0.2, -0.15) is 13.2 Å². The number of halogens is 3. The van der Waals surface area contributed by atoms with Crippen molar-refractivity contribution in [2.75, 3.05) is 0 Å². The lowest BCUT2D eigenvalue weighted by atomic mass is 9.95. The first-order chi connectivity index (χ1) is 5.48. The molecular weight excluding hydrogens is 165 g/mol. The third-order valence-electron chi connectivity index (χ3n) is 3.16. The summed E-state index contributed by atoms with van der Waals surface area (Å²) in [5.74, 6) is -0.592. The van der Waals surface area contributed by atoms with Crippen molar-refractivity contribution in [2.24, 2.45) is 23.7 Å². The fourth-order valence-electron chi connectivity index (χ4n) is 2.21. The van der Waals surface area contributed by atoms with Crippen LogP contribution in [-0.2, 0) is 0 Å². The Morgan fingerprint density at radius 1 is 1.33 bits per heavy atom. The van der Waals surface area contributed by atoms with Gasteiger partial charge in [0.05, 0.1) is 5.92 Å². The number of hydrogen-bond donors (Lipinski definition) is 0. The average molecular weight is 176 g/mol. The van der Waals surface area contributed by atoms with Crippen LogP contribution in [0.3, 0.4) is 0 Å². The van der Waals surface area contributed by atoms with Crippen molar-refractivity contribution in [1.29, 1.82) is 0 Å². The normalized spacial score (nSPS) is 44.1. The quantitative estimate of drug-likeness (QED) is 0.539. The summed E-state index contributed by atoms with van der Waals surface area (Å²) in [5, 5.41) is 0. The van der Waals surface area contributed by atoms with Gasteiger partial charge in [0.2, 0.25) is 0 Å². The Morgan fingerprint density at radius 2 is 1.83 bits per heavy atom. The van der Waals surface area contributed by atoms with Gasteiger partial charge in [-0.1, -0.05) is 18.6 Å². The summed E-state index contributed by atoms with van der Waals surface area (Å²) in [6.45, 7) is 3.20. The Kier molecular flexibility index (Phi) is 1.40. The monoisotopic (exact) mass is 176 g/mol. The largest absolute Gasteiger partial charge is 0.391 e. The van der Waals surface area contributed by atoms with Crippen molar-refractivity contribution >= 4 is 0 Å². The highest BCUT2D eigenvalue weighted by atomic mass is 19.4. The van der Waals surface area contributed by atoms with Gasteiger partial charge in [-0.3, -0.25) is 0 Å². The van der Waals surface area contributed by atoms with E-state index >= 15 is 0 Å². The van der Waals surface area contributed by atoms with Crippen molar-refractivity contribution in [1.82, 2.24) is 0 Å². The van der Waals surface area contributed by atoms with Crippen LogP contribution in [0.5, 0.6) is 0 Å². The Bertz CT molecular complexity index is 227. The van der Waals surface area contributed by atoms with E-state index < -0.39 is 12.1 Å². The van der Waals surface area contributed by atoms with Crippen LogP contribution in [0.1, 0.15) is 13.8 Å². The van der Waals surface area contributed by atoms with Gasteiger partial charge in [-0.05, 0) is 24.7 Å². The lowest BCUT2D eigenvalue weighted by molar-refractivity contribution is -0.177. The fraction of sp³-hybridized carbons (Fsp3) is 0.778. The molecular formula is C9H11F3. The molecule has 0 aromatic carbocycles. The SMILES string of the molecule is CC=C1C2C(C(C)C(F)(F)F)[C@@H]12. The van der Waals surface area contributed by atoms with Gasteiger partial charge in [0.1, 0.15) is 0 Å². The molecule has 0 bridgehead atoms. The zero-order chi connectivity index (χ0) is 9.09. The summed E-state index contributed by atoms with van der Waals surface area (Å²) in [6.07, 6.45) is -2.04. The Hall–Kier alpha value is -0.470. The first-order valence-electron chi connectivity index (χ1n) is 4.21. The van der Waals surface area contributed by atoms with E-state index in [9.17, 15) is 13.2 Å². The second kappa shape index (κ2) is 2.06. The molecule has 2 fully saturated rings. The van der Waals surface area contributed by atoms with Crippen LogP contribution in [-0.4, -0.2) is 6.18 Å². The number of fused-ring (bicyclic) bond motifs is 1. The van der Waals surface area contributed by atoms with Crippen molar-refractivity contribution in [3.8, 4) is 0 Å². The molecule has 3 unspecified atom stereocenters. The fourth-order valence-corrected chi connectivity index (χ4v) is 2.21. The minimum Gasteiger partial charge on any atom is -0.171 e. The molecule has 0 spiro atoms. The summed E-state index contributed by atoms with van der Waals surface area (Å²) in [6, 6.07) is 0. The molecule has 2 aliphatic rings. The molecule has 0 saturated heterocycles. The highest BCUT2D eigenvalue weighted by molar-refractivity contribution is 5.45. The predicted molar refractivity (Wildman–Crippen MR) is 39.4 cm³/mol. The molecule has 0 heterocycles. The predicted octanol–water partition coefficient (Wildman–Crippen LogP) is 3.01. The number of allylic oxidation sites excluding steroid dienone is 2. The smallest absolute Gasteiger partial charge is 0.171 e. The van der Waals surface area contributed by atoms with Gasteiger partial charge in [-0.15, -0.1) is 0 Å². The third kappa shape index (κ3) is 0.915. The van der Waals surface area contributed by atoms with Crippen LogP contribution < -0.4 is 0 Å². The highest BCUT2D eigenvalue weighted by Gasteiger charge is 2.73. The van der Waals surface area contributed by atoms with E-state index in [0.29, 0.717) is 11.8 Å². The molecule has 3 heteroatoms.